The van der Waals surface area contributed by atoms with E-state index in [9.17, 15) is 10.1 Å². The smallest absolute Gasteiger partial charge is 0.268 e. The summed E-state index contributed by atoms with van der Waals surface area (Å²) < 4.78 is 6.41. The van der Waals surface area contributed by atoms with Crippen LogP contribution in [0.4, 0.5) is 5.13 Å². The van der Waals surface area contributed by atoms with Crippen LogP contribution in [0.5, 0.6) is 5.75 Å². The number of hydrogen-bond acceptors (Lipinski definition) is 7. The predicted octanol–water partition coefficient (Wildman–Crippen LogP) is 4.76. The van der Waals surface area contributed by atoms with Crippen molar-refractivity contribution in [2.24, 2.45) is 0 Å². The number of aromatic nitrogens is 2. The van der Waals surface area contributed by atoms with E-state index in [-0.39, 0.29) is 5.57 Å². The molecule has 0 fully saturated rings. The third-order valence-electron chi connectivity index (χ3n) is 3.38. The number of nitrogens with one attached hydrogen (secondary N) is 1. The Kier molecular flexibility index (Phi) is 8.81. The van der Waals surface area contributed by atoms with E-state index >= 15 is 0 Å². The standard InChI is InChI=1S/C19H22N4O2S2/c1-3-5-10-25-16-8-6-14(7-9-16)12-15(13-20)17(24)21-18-22-23-19(27-18)26-11-4-2/h6-9,12H,3-5,10-11H2,1-2H3,(H,21,22,24)/b15-12+. The summed E-state index contributed by atoms with van der Waals surface area (Å²) in [5.74, 6) is 1.22. The van der Waals surface area contributed by atoms with Gasteiger partial charge in [-0.3, -0.25) is 10.1 Å². The highest BCUT2D eigenvalue weighted by molar-refractivity contribution is 8.01. The van der Waals surface area contributed by atoms with Crippen molar-refractivity contribution in [3.63, 3.8) is 0 Å². The molecule has 0 radical (unpaired) electrons. The maximum Gasteiger partial charge on any atom is 0.268 e. The van der Waals surface area contributed by atoms with Gasteiger partial charge in [-0.1, -0.05) is 55.5 Å². The Morgan fingerprint density at radius 3 is 2.74 bits per heavy atom. The van der Waals surface area contributed by atoms with Gasteiger partial charge in [0.05, 0.1) is 6.61 Å². The number of nitrogens with zero attached hydrogens (tertiary/aromatic N) is 3. The molecular weight excluding hydrogens is 380 g/mol. The van der Waals surface area contributed by atoms with E-state index in [0.29, 0.717) is 11.7 Å². The van der Waals surface area contributed by atoms with E-state index in [4.69, 9.17) is 4.74 Å². The van der Waals surface area contributed by atoms with Crippen molar-refractivity contribution in [1.82, 2.24) is 10.2 Å². The lowest BCUT2D eigenvalue weighted by Gasteiger charge is -2.05. The van der Waals surface area contributed by atoms with E-state index in [1.54, 1.807) is 17.8 Å². The number of thioether (sulfide) groups is 1. The second kappa shape index (κ2) is 11.4. The number of anilines is 1. The number of carbonyl (C=O) groups is 1. The summed E-state index contributed by atoms with van der Waals surface area (Å²) in [4.78, 5) is 12.3. The average Bonchev–Trinajstić information content (AvgIpc) is 3.13. The van der Waals surface area contributed by atoms with Crippen molar-refractivity contribution in [2.45, 2.75) is 37.4 Å². The molecule has 0 bridgehead atoms. The van der Waals surface area contributed by atoms with Crippen LogP contribution in [0.3, 0.4) is 0 Å². The Hall–Kier alpha value is -2.37. The van der Waals surface area contributed by atoms with Gasteiger partial charge in [-0.15, -0.1) is 10.2 Å². The first-order valence-corrected chi connectivity index (χ1v) is 10.6. The highest BCUT2D eigenvalue weighted by atomic mass is 32.2. The molecule has 0 saturated heterocycles. The summed E-state index contributed by atoms with van der Waals surface area (Å²) in [6.07, 6.45) is 4.66. The second-order valence-corrected chi connectivity index (χ2v) is 7.94. The van der Waals surface area contributed by atoms with Crippen molar-refractivity contribution < 1.29 is 9.53 Å². The zero-order valence-electron chi connectivity index (χ0n) is 15.4. The van der Waals surface area contributed by atoms with Crippen LogP contribution >= 0.6 is 23.1 Å². The van der Waals surface area contributed by atoms with Crippen molar-refractivity contribution in [1.29, 1.82) is 5.26 Å². The Bertz CT molecular complexity index is 810. The molecule has 0 atom stereocenters. The molecule has 0 spiro atoms. The topological polar surface area (TPSA) is 87.9 Å². The van der Waals surface area contributed by atoms with Crippen LogP contribution in [0.1, 0.15) is 38.7 Å². The largest absolute Gasteiger partial charge is 0.494 e. The van der Waals surface area contributed by atoms with Gasteiger partial charge in [0.2, 0.25) is 5.13 Å². The Balaban J connectivity index is 1.99. The fraction of sp³-hybridized carbons (Fsp3) is 0.368. The number of ether oxygens (including phenoxy) is 1. The number of amides is 1. The molecule has 2 rings (SSSR count). The molecule has 0 aliphatic rings. The first-order valence-electron chi connectivity index (χ1n) is 8.78. The van der Waals surface area contributed by atoms with E-state index in [2.05, 4.69) is 29.4 Å². The third kappa shape index (κ3) is 7.04. The fourth-order valence-corrected chi connectivity index (χ4v) is 3.65. The quantitative estimate of drug-likeness (QED) is 0.203. The molecule has 8 heteroatoms. The first-order chi connectivity index (χ1) is 13.2. The molecular formula is C19H22N4O2S2. The van der Waals surface area contributed by atoms with E-state index in [0.717, 1.165) is 40.7 Å². The highest BCUT2D eigenvalue weighted by Gasteiger charge is 2.13. The van der Waals surface area contributed by atoms with Gasteiger partial charge in [-0.25, -0.2) is 0 Å². The third-order valence-corrected chi connectivity index (χ3v) is 5.56. The van der Waals surface area contributed by atoms with E-state index in [1.807, 2.05) is 30.3 Å². The highest BCUT2D eigenvalue weighted by Crippen LogP contribution is 2.26. The summed E-state index contributed by atoms with van der Waals surface area (Å²) in [6, 6.07) is 9.23. The Morgan fingerprint density at radius 2 is 2.07 bits per heavy atom. The zero-order valence-corrected chi connectivity index (χ0v) is 17.0. The number of unbranched alkanes of at least 4 members (excludes halogenated alkanes) is 1. The van der Waals surface area contributed by atoms with Crippen LogP contribution < -0.4 is 10.1 Å². The number of nitriles is 1. The fourth-order valence-electron chi connectivity index (χ4n) is 1.98. The molecule has 0 unspecified atom stereocenters. The number of rotatable bonds is 10. The second-order valence-electron chi connectivity index (χ2n) is 5.62. The number of benzene rings is 1. The zero-order chi connectivity index (χ0) is 19.5. The molecule has 2 aromatic rings. The maximum absolute atomic E-state index is 12.3. The van der Waals surface area contributed by atoms with Gasteiger partial charge in [-0.2, -0.15) is 5.26 Å². The molecule has 0 aliphatic heterocycles. The van der Waals surface area contributed by atoms with Crippen LogP contribution in [-0.4, -0.2) is 28.5 Å². The lowest BCUT2D eigenvalue weighted by atomic mass is 10.1. The minimum Gasteiger partial charge on any atom is -0.494 e. The minimum atomic E-state index is -0.496. The molecule has 0 aliphatic carbocycles. The average molecular weight is 403 g/mol. The van der Waals surface area contributed by atoms with Gasteiger partial charge in [0.15, 0.2) is 4.34 Å². The number of carbonyl (C=O) groups excluding carboxylic acids is 1. The van der Waals surface area contributed by atoms with Crippen LogP contribution in [0.25, 0.3) is 6.08 Å². The van der Waals surface area contributed by atoms with Gasteiger partial charge < -0.3 is 4.74 Å². The van der Waals surface area contributed by atoms with Gasteiger partial charge in [0.1, 0.15) is 17.4 Å². The lowest BCUT2D eigenvalue weighted by Crippen LogP contribution is -2.13. The molecule has 1 aromatic heterocycles. The molecule has 1 aromatic carbocycles. The first kappa shape index (κ1) is 20.9. The van der Waals surface area contributed by atoms with Crippen molar-refractivity contribution in [2.75, 3.05) is 17.7 Å². The summed E-state index contributed by atoms with van der Waals surface area (Å²) in [6.45, 7) is 4.88. The molecule has 142 valence electrons. The van der Waals surface area contributed by atoms with Crippen LogP contribution in [0, 0.1) is 11.3 Å². The molecule has 27 heavy (non-hydrogen) atoms. The number of hydrogen-bond donors (Lipinski definition) is 1. The van der Waals surface area contributed by atoms with Crippen molar-refractivity contribution >= 4 is 40.2 Å². The Labute approximate surface area is 167 Å². The van der Waals surface area contributed by atoms with Gasteiger partial charge in [0.25, 0.3) is 5.91 Å². The summed E-state index contributed by atoms with van der Waals surface area (Å²) in [5.41, 5.74) is 0.758. The van der Waals surface area contributed by atoms with E-state index in [1.165, 1.54) is 11.3 Å². The monoisotopic (exact) mass is 402 g/mol. The van der Waals surface area contributed by atoms with Gasteiger partial charge in [-0.05, 0) is 36.6 Å². The molecule has 1 heterocycles. The van der Waals surface area contributed by atoms with Crippen molar-refractivity contribution in [3.05, 3.63) is 35.4 Å². The van der Waals surface area contributed by atoms with Gasteiger partial charge in [0, 0.05) is 5.75 Å². The lowest BCUT2D eigenvalue weighted by molar-refractivity contribution is -0.112. The minimum absolute atomic E-state index is 0.00705. The summed E-state index contributed by atoms with van der Waals surface area (Å²) in [5, 5.41) is 20.3. The van der Waals surface area contributed by atoms with Gasteiger partial charge >= 0.3 is 0 Å². The van der Waals surface area contributed by atoms with Crippen LogP contribution in [0.15, 0.2) is 34.2 Å². The summed E-state index contributed by atoms with van der Waals surface area (Å²) in [7, 11) is 0. The molecule has 0 saturated carbocycles. The normalized spacial score (nSPS) is 11.1. The molecule has 1 N–H and O–H groups in total. The van der Waals surface area contributed by atoms with E-state index < -0.39 is 5.91 Å². The Morgan fingerprint density at radius 1 is 1.30 bits per heavy atom. The summed E-state index contributed by atoms with van der Waals surface area (Å²) >= 11 is 2.90. The molecule has 6 nitrogen and oxygen atoms in total. The SMILES string of the molecule is CCCCOc1ccc(/C=C(\C#N)C(=O)Nc2nnc(SCCC)s2)cc1. The molecule has 1 amide bonds. The van der Waals surface area contributed by atoms with Crippen LogP contribution in [-0.2, 0) is 4.79 Å². The maximum atomic E-state index is 12.3. The van der Waals surface area contributed by atoms with Crippen molar-refractivity contribution in [3.8, 4) is 11.8 Å². The predicted molar refractivity (Wildman–Crippen MR) is 110 cm³/mol. The van der Waals surface area contributed by atoms with Crippen LogP contribution in [0.2, 0.25) is 0 Å².